The highest BCUT2D eigenvalue weighted by molar-refractivity contribution is 5.95. The summed E-state index contributed by atoms with van der Waals surface area (Å²) in [5.74, 6) is -3.08. The lowest BCUT2D eigenvalue weighted by molar-refractivity contribution is -0.120. The first-order valence-electron chi connectivity index (χ1n) is 12.9. The summed E-state index contributed by atoms with van der Waals surface area (Å²) in [7, 11) is 0. The number of hydrogen-bond donors (Lipinski definition) is 0. The second kappa shape index (κ2) is 11.3. The molecule has 202 valence electrons. The van der Waals surface area contributed by atoms with Crippen LogP contribution in [0.15, 0.2) is 60.9 Å². The summed E-state index contributed by atoms with van der Waals surface area (Å²) < 4.78 is 43.8. The average molecular weight is 543 g/mol. The third-order valence-electron chi connectivity index (χ3n) is 7.01. The second-order valence-electron chi connectivity index (χ2n) is 10.1. The van der Waals surface area contributed by atoms with Crippen molar-refractivity contribution in [3.8, 4) is 17.2 Å². The van der Waals surface area contributed by atoms with E-state index in [1.165, 1.54) is 41.9 Å². The van der Waals surface area contributed by atoms with E-state index in [1.807, 2.05) is 0 Å². The Balaban J connectivity index is 1.50. The van der Waals surface area contributed by atoms with Gasteiger partial charge in [-0.05, 0) is 73.6 Å². The molecule has 4 aromatic rings. The number of carbonyl (C=O) groups is 2. The molecule has 0 bridgehead atoms. The fraction of sp³-hybridized carbons (Fsp3) is 0.258. The fourth-order valence-corrected chi connectivity index (χ4v) is 5.05. The highest BCUT2D eigenvalue weighted by atomic mass is 19.1. The van der Waals surface area contributed by atoms with E-state index in [0.29, 0.717) is 34.0 Å². The van der Waals surface area contributed by atoms with Gasteiger partial charge in [0.1, 0.15) is 23.5 Å². The Kier molecular flexibility index (Phi) is 7.60. The topological polar surface area (TPSA) is 88.6 Å². The van der Waals surface area contributed by atoms with Crippen molar-refractivity contribution in [2.24, 2.45) is 0 Å². The van der Waals surface area contributed by atoms with Gasteiger partial charge in [-0.25, -0.2) is 13.2 Å². The highest BCUT2D eigenvalue weighted by Gasteiger charge is 2.29. The van der Waals surface area contributed by atoms with Crippen LogP contribution in [0, 0.1) is 28.8 Å². The molecule has 1 saturated carbocycles. The smallest absolute Gasteiger partial charge is 0.165 e. The molecule has 1 aliphatic carbocycles. The number of pyridine rings is 1. The number of aromatic nitrogens is 3. The molecule has 1 aliphatic rings. The zero-order valence-corrected chi connectivity index (χ0v) is 21.7. The average Bonchev–Trinajstić information content (AvgIpc) is 3.68. The van der Waals surface area contributed by atoms with E-state index in [-0.39, 0.29) is 30.7 Å². The molecule has 1 fully saturated rings. The van der Waals surface area contributed by atoms with Gasteiger partial charge >= 0.3 is 0 Å². The van der Waals surface area contributed by atoms with Crippen LogP contribution < -0.4 is 0 Å². The van der Waals surface area contributed by atoms with E-state index in [4.69, 9.17) is 0 Å². The molecule has 2 heterocycles. The Labute approximate surface area is 229 Å². The van der Waals surface area contributed by atoms with Crippen LogP contribution in [0.2, 0.25) is 0 Å². The number of rotatable bonds is 10. The molecule has 5 rings (SSSR count). The molecule has 1 atom stereocenters. The summed E-state index contributed by atoms with van der Waals surface area (Å²) in [4.78, 5) is 29.9. The quantitative estimate of drug-likeness (QED) is 0.220. The van der Waals surface area contributed by atoms with Crippen molar-refractivity contribution in [1.82, 2.24) is 14.8 Å². The van der Waals surface area contributed by atoms with Gasteiger partial charge < -0.3 is 0 Å². The lowest BCUT2D eigenvalue weighted by Gasteiger charge is -2.20. The minimum absolute atomic E-state index is 0.0383. The third kappa shape index (κ3) is 6.01. The van der Waals surface area contributed by atoms with Crippen molar-refractivity contribution in [3.05, 3.63) is 106 Å². The Morgan fingerprint density at radius 3 is 2.52 bits per heavy atom. The molecule has 0 spiro atoms. The van der Waals surface area contributed by atoms with Crippen LogP contribution in [-0.4, -0.2) is 26.3 Å². The van der Waals surface area contributed by atoms with E-state index in [2.05, 4.69) is 16.2 Å². The van der Waals surface area contributed by atoms with Crippen LogP contribution in [0.3, 0.4) is 0 Å². The molecule has 0 radical (unpaired) electrons. The molecule has 0 amide bonds. The summed E-state index contributed by atoms with van der Waals surface area (Å²) in [5, 5.41) is 13.7. The number of hydrogen-bond acceptors (Lipinski definition) is 5. The Morgan fingerprint density at radius 2 is 1.85 bits per heavy atom. The van der Waals surface area contributed by atoms with E-state index in [1.54, 1.807) is 24.5 Å². The number of benzene rings is 2. The van der Waals surface area contributed by atoms with E-state index >= 15 is 0 Å². The Bertz CT molecular complexity index is 1630. The van der Waals surface area contributed by atoms with Gasteiger partial charge in [-0.2, -0.15) is 10.4 Å². The van der Waals surface area contributed by atoms with Gasteiger partial charge in [0, 0.05) is 41.9 Å². The predicted molar refractivity (Wildman–Crippen MR) is 141 cm³/mol. The zero-order valence-electron chi connectivity index (χ0n) is 21.7. The third-order valence-corrected chi connectivity index (χ3v) is 7.01. The summed E-state index contributed by atoms with van der Waals surface area (Å²) >= 11 is 0. The van der Waals surface area contributed by atoms with Crippen LogP contribution in [0.1, 0.15) is 70.9 Å². The fourth-order valence-electron chi connectivity index (χ4n) is 5.05. The van der Waals surface area contributed by atoms with Crippen molar-refractivity contribution < 1.29 is 22.8 Å². The number of halogens is 3. The van der Waals surface area contributed by atoms with Crippen LogP contribution in [0.25, 0.3) is 11.1 Å². The molecule has 0 N–H and O–H groups in total. The number of nitrogens with zero attached hydrogens (tertiary/aromatic N) is 4. The standard InChI is InChI=1S/C31H25F3N4O2/c1-18(39)27-13-21(6-7-29(27)34)26-3-2-8-36-31(26)22(9-19-10-23(32)14-24(33)11-19)12-25(40)16-38-17-28(20-4-5-20)30(15-35)37-38/h2-3,6-8,10-11,13-14,17,20,22H,4-5,9,12,16H2,1H3/t22-/m1/s1. The van der Waals surface area contributed by atoms with Gasteiger partial charge in [0.05, 0.1) is 17.8 Å². The van der Waals surface area contributed by atoms with Crippen molar-refractivity contribution in [3.63, 3.8) is 0 Å². The normalized spacial score (nSPS) is 13.6. The molecular weight excluding hydrogens is 517 g/mol. The van der Waals surface area contributed by atoms with Crippen molar-refractivity contribution >= 4 is 11.6 Å². The Morgan fingerprint density at radius 1 is 1.10 bits per heavy atom. The second-order valence-corrected chi connectivity index (χ2v) is 10.1. The maximum absolute atomic E-state index is 14.3. The van der Waals surface area contributed by atoms with Gasteiger partial charge in [-0.1, -0.05) is 12.1 Å². The molecule has 2 aromatic heterocycles. The number of nitriles is 1. The molecule has 0 aliphatic heterocycles. The van der Waals surface area contributed by atoms with Crippen molar-refractivity contribution in [1.29, 1.82) is 5.26 Å². The van der Waals surface area contributed by atoms with Gasteiger partial charge in [-0.3, -0.25) is 19.3 Å². The van der Waals surface area contributed by atoms with Crippen LogP contribution >= 0.6 is 0 Å². The number of carbonyl (C=O) groups excluding carboxylic acids is 2. The van der Waals surface area contributed by atoms with E-state index in [0.717, 1.165) is 24.5 Å². The van der Waals surface area contributed by atoms with Gasteiger partial charge in [0.25, 0.3) is 0 Å². The van der Waals surface area contributed by atoms with Crippen LogP contribution in [0.5, 0.6) is 0 Å². The molecule has 6 nitrogen and oxygen atoms in total. The van der Waals surface area contributed by atoms with E-state index < -0.39 is 29.2 Å². The molecular formula is C31H25F3N4O2. The zero-order chi connectivity index (χ0) is 28.4. The summed E-state index contributed by atoms with van der Waals surface area (Å²) in [6.07, 6.45) is 5.31. The monoisotopic (exact) mass is 542 g/mol. The SMILES string of the molecule is CC(=O)c1cc(-c2cccnc2[C@@H](CC(=O)Cn2cc(C3CC3)c(C#N)n2)Cc2cc(F)cc(F)c2)ccc1F. The lowest BCUT2D eigenvalue weighted by atomic mass is 9.86. The Hall–Kier alpha value is -4.58. The number of Topliss-reactive ketones (excluding diaryl/α,β-unsaturated/α-hetero) is 2. The molecule has 0 saturated heterocycles. The minimum atomic E-state index is -0.737. The van der Waals surface area contributed by atoms with Crippen molar-refractivity contribution in [2.45, 2.75) is 51.0 Å². The molecule has 2 aromatic carbocycles. The van der Waals surface area contributed by atoms with Gasteiger partial charge in [0.15, 0.2) is 17.3 Å². The number of ketones is 2. The first kappa shape index (κ1) is 27.0. The van der Waals surface area contributed by atoms with Gasteiger partial charge in [-0.15, -0.1) is 0 Å². The molecule has 40 heavy (non-hydrogen) atoms. The maximum Gasteiger partial charge on any atom is 0.165 e. The lowest BCUT2D eigenvalue weighted by Crippen LogP contribution is -2.17. The largest absolute Gasteiger partial charge is 0.298 e. The van der Waals surface area contributed by atoms with Crippen LogP contribution in [-0.2, 0) is 17.8 Å². The van der Waals surface area contributed by atoms with E-state index in [9.17, 15) is 28.0 Å². The van der Waals surface area contributed by atoms with Crippen LogP contribution in [0.4, 0.5) is 13.2 Å². The summed E-state index contributed by atoms with van der Waals surface area (Å²) in [6.45, 7) is 1.19. The predicted octanol–water partition coefficient (Wildman–Crippen LogP) is 6.30. The first-order chi connectivity index (χ1) is 19.2. The maximum atomic E-state index is 14.3. The first-order valence-corrected chi connectivity index (χ1v) is 12.9. The molecule has 9 heteroatoms. The van der Waals surface area contributed by atoms with Gasteiger partial charge in [0.2, 0.25) is 0 Å². The minimum Gasteiger partial charge on any atom is -0.298 e. The highest BCUT2D eigenvalue weighted by Crippen LogP contribution is 2.41. The summed E-state index contributed by atoms with van der Waals surface area (Å²) in [6, 6.07) is 12.9. The molecule has 0 unspecified atom stereocenters. The summed E-state index contributed by atoms with van der Waals surface area (Å²) in [5.41, 5.74) is 2.98. The van der Waals surface area contributed by atoms with Crippen molar-refractivity contribution in [2.75, 3.05) is 0 Å².